The van der Waals surface area contributed by atoms with Crippen LogP contribution in [0, 0.1) is 0 Å². The number of nitrogens with one attached hydrogen (secondary N) is 1. The van der Waals surface area contributed by atoms with Crippen LogP contribution in [-0.2, 0) is 4.52 Å². The average molecular weight is 167 g/mol. The van der Waals surface area contributed by atoms with Gasteiger partial charge in [0.2, 0.25) is 0 Å². The lowest BCUT2D eigenvalue weighted by molar-refractivity contribution is 0.214. The molecule has 0 aliphatic heterocycles. The zero-order chi connectivity index (χ0) is 6.91. The summed E-state index contributed by atoms with van der Waals surface area (Å²) in [4.78, 5) is 6.16. The van der Waals surface area contributed by atoms with Crippen molar-refractivity contribution in [3.63, 3.8) is 0 Å². The SMILES string of the molecule is OC(Cl)(Cl)c1cnc[nH]1. The van der Waals surface area contributed by atoms with Gasteiger partial charge < -0.3 is 10.1 Å². The Balaban J connectivity index is 2.90. The third-order valence-electron chi connectivity index (χ3n) is 0.822. The summed E-state index contributed by atoms with van der Waals surface area (Å²) < 4.78 is -1.85. The molecule has 0 bridgehead atoms. The van der Waals surface area contributed by atoms with Crippen LogP contribution in [0.5, 0.6) is 0 Å². The van der Waals surface area contributed by atoms with Gasteiger partial charge >= 0.3 is 0 Å². The van der Waals surface area contributed by atoms with Crippen LogP contribution in [-0.4, -0.2) is 15.1 Å². The van der Waals surface area contributed by atoms with E-state index in [-0.39, 0.29) is 5.69 Å². The summed E-state index contributed by atoms with van der Waals surface area (Å²) in [6.45, 7) is 0. The Morgan fingerprint density at radius 1 is 1.67 bits per heavy atom. The molecule has 50 valence electrons. The number of aromatic amines is 1. The summed E-state index contributed by atoms with van der Waals surface area (Å²) in [5, 5.41) is 8.84. The van der Waals surface area contributed by atoms with Crippen molar-refractivity contribution in [2.75, 3.05) is 0 Å². The van der Waals surface area contributed by atoms with E-state index >= 15 is 0 Å². The molecule has 0 radical (unpaired) electrons. The van der Waals surface area contributed by atoms with Crippen molar-refractivity contribution in [3.8, 4) is 0 Å². The number of aromatic nitrogens is 2. The summed E-state index contributed by atoms with van der Waals surface area (Å²) in [6, 6.07) is 0. The normalized spacial score (nSPS) is 11.9. The first-order chi connectivity index (χ1) is 4.11. The van der Waals surface area contributed by atoms with Gasteiger partial charge in [0, 0.05) is 0 Å². The number of rotatable bonds is 1. The van der Waals surface area contributed by atoms with Crippen LogP contribution in [0.4, 0.5) is 0 Å². The van der Waals surface area contributed by atoms with Crippen LogP contribution in [0.3, 0.4) is 0 Å². The molecule has 0 unspecified atom stereocenters. The number of halogens is 2. The van der Waals surface area contributed by atoms with E-state index in [1.807, 2.05) is 0 Å². The van der Waals surface area contributed by atoms with Gasteiger partial charge in [-0.05, 0) is 0 Å². The highest BCUT2D eigenvalue weighted by atomic mass is 35.5. The summed E-state index contributed by atoms with van der Waals surface area (Å²) >= 11 is 10.5. The van der Waals surface area contributed by atoms with Gasteiger partial charge in [0.1, 0.15) is 0 Å². The van der Waals surface area contributed by atoms with Gasteiger partial charge in [-0.15, -0.1) is 0 Å². The largest absolute Gasteiger partial charge is 0.358 e. The van der Waals surface area contributed by atoms with E-state index in [4.69, 9.17) is 28.3 Å². The zero-order valence-electron chi connectivity index (χ0n) is 4.31. The lowest BCUT2D eigenvalue weighted by atomic mass is 10.5. The maximum atomic E-state index is 8.84. The molecule has 0 atom stereocenters. The van der Waals surface area contributed by atoms with Gasteiger partial charge in [-0.2, -0.15) is 0 Å². The van der Waals surface area contributed by atoms with E-state index < -0.39 is 4.52 Å². The molecule has 0 saturated heterocycles. The highest BCUT2D eigenvalue weighted by molar-refractivity contribution is 6.46. The summed E-state index contributed by atoms with van der Waals surface area (Å²) in [6.07, 6.45) is 2.73. The number of imidazole rings is 1. The van der Waals surface area contributed by atoms with E-state index in [2.05, 4.69) is 9.97 Å². The molecule has 1 rings (SSSR count). The van der Waals surface area contributed by atoms with Gasteiger partial charge in [0.05, 0.1) is 18.2 Å². The predicted molar refractivity (Wildman–Crippen MR) is 34.2 cm³/mol. The highest BCUT2D eigenvalue weighted by Gasteiger charge is 2.23. The van der Waals surface area contributed by atoms with Crippen LogP contribution in [0.15, 0.2) is 12.5 Å². The lowest BCUT2D eigenvalue weighted by Gasteiger charge is -2.06. The number of alkyl halides is 2. The molecule has 0 aliphatic rings. The van der Waals surface area contributed by atoms with Gasteiger partial charge in [0.15, 0.2) is 0 Å². The maximum absolute atomic E-state index is 8.84. The van der Waals surface area contributed by atoms with Crippen LogP contribution < -0.4 is 0 Å². The first kappa shape index (κ1) is 6.86. The average Bonchev–Trinajstić information content (AvgIpc) is 2.08. The molecule has 0 fully saturated rings. The molecule has 3 nitrogen and oxygen atoms in total. The number of aliphatic hydroxyl groups is 1. The Morgan fingerprint density at radius 3 is 2.56 bits per heavy atom. The topological polar surface area (TPSA) is 48.9 Å². The molecular weight excluding hydrogens is 163 g/mol. The van der Waals surface area contributed by atoms with Crippen molar-refractivity contribution in [1.29, 1.82) is 0 Å². The van der Waals surface area contributed by atoms with Crippen LogP contribution in [0.25, 0.3) is 0 Å². The van der Waals surface area contributed by atoms with Crippen LogP contribution in [0.1, 0.15) is 5.69 Å². The Morgan fingerprint density at radius 2 is 2.33 bits per heavy atom. The molecule has 0 saturated carbocycles. The van der Waals surface area contributed by atoms with Crippen molar-refractivity contribution >= 4 is 23.2 Å². The molecule has 0 aliphatic carbocycles. The van der Waals surface area contributed by atoms with E-state index in [9.17, 15) is 0 Å². The molecule has 0 aromatic carbocycles. The number of hydrogen-bond acceptors (Lipinski definition) is 2. The minimum Gasteiger partial charge on any atom is -0.358 e. The maximum Gasteiger partial charge on any atom is 0.258 e. The Hall–Kier alpha value is -0.250. The second kappa shape index (κ2) is 2.17. The molecule has 9 heavy (non-hydrogen) atoms. The van der Waals surface area contributed by atoms with Crippen molar-refractivity contribution in [1.82, 2.24) is 9.97 Å². The first-order valence-electron chi connectivity index (χ1n) is 2.20. The Bertz CT molecular complexity index is 179. The quantitative estimate of drug-likeness (QED) is 0.612. The van der Waals surface area contributed by atoms with Crippen molar-refractivity contribution in [2.24, 2.45) is 0 Å². The van der Waals surface area contributed by atoms with E-state index in [1.54, 1.807) is 0 Å². The number of hydrogen-bond donors (Lipinski definition) is 2. The van der Waals surface area contributed by atoms with E-state index in [1.165, 1.54) is 12.5 Å². The Kier molecular flexibility index (Phi) is 1.66. The number of nitrogens with zero attached hydrogens (tertiary/aromatic N) is 1. The van der Waals surface area contributed by atoms with E-state index in [0.29, 0.717) is 0 Å². The number of H-pyrrole nitrogens is 1. The minimum atomic E-state index is -1.85. The van der Waals surface area contributed by atoms with Gasteiger partial charge in [-0.25, -0.2) is 4.98 Å². The highest BCUT2D eigenvalue weighted by Crippen LogP contribution is 2.27. The molecule has 5 heteroatoms. The third kappa shape index (κ3) is 1.58. The second-order valence-corrected chi connectivity index (χ2v) is 2.79. The van der Waals surface area contributed by atoms with Crippen molar-refractivity contribution in [2.45, 2.75) is 4.52 Å². The molecule has 0 amide bonds. The van der Waals surface area contributed by atoms with Crippen LogP contribution >= 0.6 is 23.2 Å². The first-order valence-corrected chi connectivity index (χ1v) is 2.95. The second-order valence-electron chi connectivity index (χ2n) is 1.51. The minimum absolute atomic E-state index is 0.269. The third-order valence-corrected chi connectivity index (χ3v) is 1.23. The van der Waals surface area contributed by atoms with Crippen molar-refractivity contribution in [3.05, 3.63) is 18.2 Å². The monoisotopic (exact) mass is 166 g/mol. The fourth-order valence-corrected chi connectivity index (χ4v) is 0.627. The van der Waals surface area contributed by atoms with Crippen LogP contribution in [0.2, 0.25) is 0 Å². The molecular formula is C4H4Cl2N2O. The molecule has 1 heterocycles. The van der Waals surface area contributed by atoms with E-state index in [0.717, 1.165) is 0 Å². The lowest BCUT2D eigenvalue weighted by Crippen LogP contribution is -2.07. The van der Waals surface area contributed by atoms with Crippen molar-refractivity contribution < 1.29 is 5.11 Å². The molecule has 2 N–H and O–H groups in total. The fraction of sp³-hybridized carbons (Fsp3) is 0.250. The standard InChI is InChI=1S/C4H4Cl2N2O/c5-4(6,9)3-1-7-2-8-3/h1-2,9H,(H,7,8). The molecule has 1 aromatic heterocycles. The van der Waals surface area contributed by atoms with Gasteiger partial charge in [0.25, 0.3) is 4.52 Å². The summed E-state index contributed by atoms with van der Waals surface area (Å²) in [5.74, 6) is 0. The molecule has 0 spiro atoms. The molecule has 1 aromatic rings. The summed E-state index contributed by atoms with van der Waals surface area (Å²) in [7, 11) is 0. The summed E-state index contributed by atoms with van der Waals surface area (Å²) in [5.41, 5.74) is 0.269. The smallest absolute Gasteiger partial charge is 0.258 e. The Labute approximate surface area is 61.6 Å². The predicted octanol–water partition coefficient (Wildman–Crippen LogP) is 0.990. The van der Waals surface area contributed by atoms with Gasteiger partial charge in [-0.3, -0.25) is 0 Å². The fourth-order valence-electron chi connectivity index (χ4n) is 0.420. The van der Waals surface area contributed by atoms with Gasteiger partial charge in [-0.1, -0.05) is 23.2 Å². The zero-order valence-corrected chi connectivity index (χ0v) is 5.82.